The Balaban J connectivity index is 2.06. The van der Waals surface area contributed by atoms with Gasteiger partial charge in [-0.1, -0.05) is 72.4 Å². The number of nitrogens with zero attached hydrogens (tertiary/aromatic N) is 1. The van der Waals surface area contributed by atoms with Crippen LogP contribution < -0.4 is 5.32 Å². The Labute approximate surface area is 203 Å². The molecule has 0 aliphatic carbocycles. The van der Waals surface area contributed by atoms with Crippen molar-refractivity contribution in [2.45, 2.75) is 45.0 Å². The van der Waals surface area contributed by atoms with Gasteiger partial charge in [0.15, 0.2) is 0 Å². The van der Waals surface area contributed by atoms with Gasteiger partial charge in [0.05, 0.1) is 15.8 Å². The third-order valence-electron chi connectivity index (χ3n) is 4.77. The highest BCUT2D eigenvalue weighted by Gasteiger charge is 2.26. The van der Waals surface area contributed by atoms with Gasteiger partial charge in [-0.3, -0.25) is 9.59 Å². The molecule has 0 radical (unpaired) electrons. The maximum atomic E-state index is 13.1. The van der Waals surface area contributed by atoms with Crippen molar-refractivity contribution >= 4 is 58.4 Å². The Hall–Kier alpha value is -1.40. The van der Waals surface area contributed by atoms with E-state index in [0.29, 0.717) is 27.4 Å². The maximum Gasteiger partial charge on any atom is 0.242 e. The molecular formula is C23H27Cl3N2O2S. The largest absolute Gasteiger partial charge is 0.354 e. The van der Waals surface area contributed by atoms with Crippen LogP contribution in [0, 0.1) is 0 Å². The summed E-state index contributed by atoms with van der Waals surface area (Å²) in [6.07, 6.45) is 1.89. The van der Waals surface area contributed by atoms with E-state index in [1.54, 1.807) is 30.0 Å². The minimum Gasteiger partial charge on any atom is -0.354 e. The van der Waals surface area contributed by atoms with Crippen molar-refractivity contribution in [2.24, 2.45) is 0 Å². The van der Waals surface area contributed by atoms with Gasteiger partial charge in [-0.25, -0.2) is 0 Å². The SMILES string of the molecule is CCCCNC(=O)[C@H](C)N(Cc1ccccc1Cl)C(=O)CSCc1ccc(Cl)c(Cl)c1. The van der Waals surface area contributed by atoms with E-state index in [-0.39, 0.29) is 24.1 Å². The molecule has 2 aromatic rings. The van der Waals surface area contributed by atoms with Gasteiger partial charge >= 0.3 is 0 Å². The minimum atomic E-state index is -0.605. The van der Waals surface area contributed by atoms with Crippen LogP contribution in [0.3, 0.4) is 0 Å². The number of amides is 2. The highest BCUT2D eigenvalue weighted by molar-refractivity contribution is 7.99. The number of carbonyl (C=O) groups is 2. The van der Waals surface area contributed by atoms with Gasteiger partial charge in [0.25, 0.3) is 0 Å². The summed E-state index contributed by atoms with van der Waals surface area (Å²) in [5, 5.41) is 4.47. The maximum absolute atomic E-state index is 13.1. The lowest BCUT2D eigenvalue weighted by atomic mass is 10.1. The quantitative estimate of drug-likeness (QED) is 0.372. The predicted molar refractivity (Wildman–Crippen MR) is 132 cm³/mol. The molecule has 4 nitrogen and oxygen atoms in total. The zero-order chi connectivity index (χ0) is 22.8. The Morgan fingerprint density at radius 3 is 2.48 bits per heavy atom. The van der Waals surface area contributed by atoms with Crippen molar-refractivity contribution in [1.82, 2.24) is 10.2 Å². The highest BCUT2D eigenvalue weighted by atomic mass is 35.5. The second-order valence-corrected chi connectivity index (χ2v) is 9.38. The summed E-state index contributed by atoms with van der Waals surface area (Å²) < 4.78 is 0. The van der Waals surface area contributed by atoms with E-state index in [4.69, 9.17) is 34.8 Å². The lowest BCUT2D eigenvalue weighted by Crippen LogP contribution is -2.48. The number of halogens is 3. The smallest absolute Gasteiger partial charge is 0.242 e. The van der Waals surface area contributed by atoms with Crippen LogP contribution in [0.15, 0.2) is 42.5 Å². The van der Waals surface area contributed by atoms with Crippen LogP contribution in [0.25, 0.3) is 0 Å². The van der Waals surface area contributed by atoms with Crippen LogP contribution in [0.1, 0.15) is 37.8 Å². The molecule has 0 bridgehead atoms. The Morgan fingerprint density at radius 1 is 1.06 bits per heavy atom. The van der Waals surface area contributed by atoms with Gasteiger partial charge in [-0.05, 0) is 42.7 Å². The van der Waals surface area contributed by atoms with Crippen molar-refractivity contribution in [3.05, 3.63) is 68.7 Å². The van der Waals surface area contributed by atoms with Crippen LogP contribution in [0.5, 0.6) is 0 Å². The Morgan fingerprint density at radius 2 is 1.81 bits per heavy atom. The fourth-order valence-corrected chi connectivity index (χ4v) is 4.27. The van der Waals surface area contributed by atoms with E-state index in [1.807, 2.05) is 24.3 Å². The molecule has 0 saturated heterocycles. The molecule has 0 saturated carbocycles. The van der Waals surface area contributed by atoms with E-state index in [9.17, 15) is 9.59 Å². The molecular weight excluding hydrogens is 475 g/mol. The highest BCUT2D eigenvalue weighted by Crippen LogP contribution is 2.25. The number of unbranched alkanes of at least 4 members (excludes halogenated alkanes) is 1. The summed E-state index contributed by atoms with van der Waals surface area (Å²) >= 11 is 19.8. The molecule has 0 spiro atoms. The molecule has 31 heavy (non-hydrogen) atoms. The number of hydrogen-bond donors (Lipinski definition) is 1. The normalized spacial score (nSPS) is 11.8. The predicted octanol–water partition coefficient (Wildman–Crippen LogP) is 6.21. The van der Waals surface area contributed by atoms with Crippen LogP contribution in [-0.2, 0) is 21.9 Å². The van der Waals surface area contributed by atoms with E-state index in [1.165, 1.54) is 11.8 Å². The van der Waals surface area contributed by atoms with Gasteiger partial charge in [0, 0.05) is 23.9 Å². The number of nitrogens with one attached hydrogen (secondary N) is 1. The third-order valence-corrected chi connectivity index (χ3v) is 6.87. The summed E-state index contributed by atoms with van der Waals surface area (Å²) in [6, 6.07) is 12.2. The minimum absolute atomic E-state index is 0.122. The lowest BCUT2D eigenvalue weighted by molar-refractivity contribution is -0.138. The average molecular weight is 502 g/mol. The van der Waals surface area contributed by atoms with Crippen molar-refractivity contribution < 1.29 is 9.59 Å². The van der Waals surface area contributed by atoms with Crippen molar-refractivity contribution in [1.29, 1.82) is 0 Å². The monoisotopic (exact) mass is 500 g/mol. The number of carbonyl (C=O) groups excluding carboxylic acids is 2. The van der Waals surface area contributed by atoms with E-state index in [0.717, 1.165) is 24.0 Å². The molecule has 2 amide bonds. The van der Waals surface area contributed by atoms with Gasteiger partial charge in [-0.2, -0.15) is 0 Å². The summed E-state index contributed by atoms with van der Waals surface area (Å²) in [5.74, 6) is 0.558. The summed E-state index contributed by atoms with van der Waals surface area (Å²) in [5.41, 5.74) is 1.79. The number of rotatable bonds is 11. The molecule has 1 N–H and O–H groups in total. The molecule has 0 fully saturated rings. The summed E-state index contributed by atoms with van der Waals surface area (Å²) in [4.78, 5) is 27.3. The van der Waals surface area contributed by atoms with Gasteiger partial charge < -0.3 is 10.2 Å². The fraction of sp³-hybridized carbons (Fsp3) is 0.391. The van der Waals surface area contributed by atoms with Gasteiger partial charge in [-0.15, -0.1) is 11.8 Å². The van der Waals surface area contributed by atoms with Crippen molar-refractivity contribution in [3.8, 4) is 0 Å². The first-order valence-corrected chi connectivity index (χ1v) is 12.4. The molecule has 168 valence electrons. The topological polar surface area (TPSA) is 49.4 Å². The molecule has 2 rings (SSSR count). The Bertz CT molecular complexity index is 895. The zero-order valence-corrected chi connectivity index (χ0v) is 20.8. The van der Waals surface area contributed by atoms with Crippen molar-refractivity contribution in [2.75, 3.05) is 12.3 Å². The molecule has 0 aromatic heterocycles. The molecule has 0 aliphatic heterocycles. The second-order valence-electron chi connectivity index (χ2n) is 7.17. The van der Waals surface area contributed by atoms with Gasteiger partial charge in [0.2, 0.25) is 11.8 Å². The van der Waals surface area contributed by atoms with E-state index >= 15 is 0 Å². The summed E-state index contributed by atoms with van der Waals surface area (Å²) in [6.45, 7) is 4.68. The second kappa shape index (κ2) is 13.2. The molecule has 2 aromatic carbocycles. The van der Waals surface area contributed by atoms with Crippen LogP contribution in [0.2, 0.25) is 15.1 Å². The first kappa shape index (κ1) is 25.9. The van der Waals surface area contributed by atoms with Gasteiger partial charge in [0.1, 0.15) is 6.04 Å². The Kier molecular flexibility index (Phi) is 11.0. The molecule has 8 heteroatoms. The standard InChI is InChI=1S/C23H27Cl3N2O2S/c1-3-4-11-27-23(30)16(2)28(13-18-7-5-6-8-19(18)24)22(29)15-31-14-17-9-10-20(25)21(26)12-17/h5-10,12,16H,3-4,11,13-15H2,1-2H3,(H,27,30)/t16-/m0/s1. The first-order valence-electron chi connectivity index (χ1n) is 10.2. The number of thioether (sulfide) groups is 1. The first-order chi connectivity index (χ1) is 14.8. The van der Waals surface area contributed by atoms with Crippen molar-refractivity contribution in [3.63, 3.8) is 0 Å². The molecule has 0 aliphatic rings. The number of hydrogen-bond acceptors (Lipinski definition) is 3. The number of benzene rings is 2. The lowest BCUT2D eigenvalue weighted by Gasteiger charge is -2.29. The average Bonchev–Trinajstić information content (AvgIpc) is 2.75. The molecule has 0 unspecified atom stereocenters. The molecule has 0 heterocycles. The molecule has 1 atom stereocenters. The van der Waals surface area contributed by atoms with Crippen LogP contribution >= 0.6 is 46.6 Å². The van der Waals surface area contributed by atoms with E-state index in [2.05, 4.69) is 12.2 Å². The fourth-order valence-electron chi connectivity index (χ4n) is 2.90. The van der Waals surface area contributed by atoms with Crippen LogP contribution in [-0.4, -0.2) is 35.1 Å². The van der Waals surface area contributed by atoms with Crippen LogP contribution in [0.4, 0.5) is 0 Å². The van der Waals surface area contributed by atoms with E-state index < -0.39 is 6.04 Å². The third kappa shape index (κ3) is 8.23. The zero-order valence-electron chi connectivity index (χ0n) is 17.7. The summed E-state index contributed by atoms with van der Waals surface area (Å²) in [7, 11) is 0.